The first-order chi connectivity index (χ1) is 23.4. The van der Waals surface area contributed by atoms with E-state index in [0.717, 1.165) is 62.0 Å². The van der Waals surface area contributed by atoms with Crippen molar-refractivity contribution >= 4 is 64.7 Å². The summed E-state index contributed by atoms with van der Waals surface area (Å²) in [7, 11) is 1.38. The normalized spacial score (nSPS) is 23.4. The Kier molecular flexibility index (Phi) is 11.1. The number of esters is 1. The zero-order valence-electron chi connectivity index (χ0n) is 30.3. The Morgan fingerprint density at radius 2 is 1.72 bits per heavy atom. The van der Waals surface area contributed by atoms with E-state index in [-0.39, 0.29) is 59.7 Å². The summed E-state index contributed by atoms with van der Waals surface area (Å²) in [5.41, 5.74) is 10.9. The first kappa shape index (κ1) is 37.4. The van der Waals surface area contributed by atoms with E-state index in [1.165, 1.54) is 7.11 Å². The Morgan fingerprint density at radius 3 is 2.38 bits per heavy atom. The van der Waals surface area contributed by atoms with E-state index in [9.17, 15) is 14.7 Å². The molecule has 3 aliphatic rings. The predicted octanol–water partition coefficient (Wildman–Crippen LogP) is 4.74. The molecule has 3 aromatic heterocycles. The summed E-state index contributed by atoms with van der Waals surface area (Å²) in [6.45, 7) is 18.4. The van der Waals surface area contributed by atoms with Crippen LogP contribution in [0.25, 0.3) is 35.2 Å². The monoisotopic (exact) mass is 684 g/mol. The van der Waals surface area contributed by atoms with E-state index in [4.69, 9.17) is 29.7 Å². The van der Waals surface area contributed by atoms with Gasteiger partial charge in [-0.15, -0.1) is 33.5 Å². The summed E-state index contributed by atoms with van der Waals surface area (Å²) >= 11 is 0. The van der Waals surface area contributed by atoms with E-state index in [0.29, 0.717) is 40.2 Å². The van der Waals surface area contributed by atoms with Crippen molar-refractivity contribution in [1.82, 2.24) is 15.0 Å². The van der Waals surface area contributed by atoms with Gasteiger partial charge in [0, 0.05) is 19.1 Å². The molecule has 0 aromatic carbocycles. The third-order valence-corrected chi connectivity index (χ3v) is 10.3. The number of carbonyl (C=O) groups excluding carboxylic acids is 2. The van der Waals surface area contributed by atoms with Crippen molar-refractivity contribution < 1.29 is 24.2 Å². The molecule has 1 aliphatic carbocycles. The minimum absolute atomic E-state index is 0. The molecule has 4 atom stereocenters. The zero-order chi connectivity index (χ0) is 35.3. The molecule has 8 bridgehead atoms. The largest absolute Gasteiger partial charge is 2.00 e. The summed E-state index contributed by atoms with van der Waals surface area (Å²) in [6, 6.07) is 0. The number of allylic oxidation sites excluding steroid dienone is 3. The molecule has 5 heterocycles. The van der Waals surface area contributed by atoms with Gasteiger partial charge in [0.05, 0.1) is 5.92 Å². The van der Waals surface area contributed by atoms with Crippen LogP contribution >= 0.6 is 0 Å². The molecule has 1 fully saturated rings. The van der Waals surface area contributed by atoms with Crippen LogP contribution in [-0.2, 0) is 20.7 Å². The van der Waals surface area contributed by atoms with Crippen LogP contribution in [0.3, 0.4) is 0 Å². The first-order valence-corrected chi connectivity index (χ1v) is 16.9. The molecule has 258 valence electrons. The van der Waals surface area contributed by atoms with Gasteiger partial charge in [0.1, 0.15) is 6.61 Å². The van der Waals surface area contributed by atoms with Crippen molar-refractivity contribution in [3.05, 3.63) is 102 Å². The SMILES string of the molecule is C=Cc1c2[n-]c(c1C)/C=C1\[N-]/C(=C3\c4[n-]c(c(C)c4C(=O)[C@@H]3C(O)OC)/C=c3\[n-]/c(c(C)c3CC)=C\2)[C@@H](CCC(=O)OCC=C(C)C)[C@@H]1C.[Mg+2]. The maximum atomic E-state index is 14.2. The van der Waals surface area contributed by atoms with Gasteiger partial charge in [-0.2, -0.15) is 11.4 Å². The number of hydrogen-bond acceptors (Lipinski definition) is 5. The molecule has 50 heavy (non-hydrogen) atoms. The standard InChI is InChI=1S/C40H45N4O5.Mg/c1-10-24-20(5)27-16-29-22(7)26(12-13-33(45)49-15-14-19(3)4)37(43-29)35-36(40(47)48-9)39(46)34-23(8)30(44-38(34)35)18-32-25(11-2)21(6)28(42-32)17-31(24)41-27;/h10,14,16-18,22,26,36,40,47H,1,11-13,15H2,2-9H3,(H-,43,44,46);/q-3;+2/p-1/b28-17-,29-16-,32-18-;/t22-,26-,36+,40?;/m0./s1. The fourth-order valence-corrected chi connectivity index (χ4v) is 7.39. The van der Waals surface area contributed by atoms with Crippen molar-refractivity contribution in [2.75, 3.05) is 13.7 Å². The fourth-order valence-electron chi connectivity index (χ4n) is 7.39. The van der Waals surface area contributed by atoms with Crippen LogP contribution in [0.1, 0.15) is 101 Å². The maximum absolute atomic E-state index is 14.2. The van der Waals surface area contributed by atoms with E-state index in [2.05, 4.69) is 27.4 Å². The number of aliphatic hydroxyl groups excluding tert-OH is 1. The average molecular weight is 685 g/mol. The van der Waals surface area contributed by atoms with Crippen LogP contribution in [0.5, 0.6) is 0 Å². The summed E-state index contributed by atoms with van der Waals surface area (Å²) in [6.07, 6.45) is 9.58. The molecule has 0 radical (unpaired) electrons. The van der Waals surface area contributed by atoms with Crippen molar-refractivity contribution in [3.63, 3.8) is 0 Å². The third-order valence-electron chi connectivity index (χ3n) is 10.3. The molecule has 1 saturated heterocycles. The smallest absolute Gasteiger partial charge is 0.664 e. The molecule has 0 amide bonds. The van der Waals surface area contributed by atoms with Crippen molar-refractivity contribution in [3.8, 4) is 0 Å². The van der Waals surface area contributed by atoms with Crippen molar-refractivity contribution in [1.29, 1.82) is 0 Å². The summed E-state index contributed by atoms with van der Waals surface area (Å²) in [5, 5.41) is 18.0. The third kappa shape index (κ3) is 6.43. The van der Waals surface area contributed by atoms with Gasteiger partial charge in [0.2, 0.25) is 0 Å². The van der Waals surface area contributed by atoms with E-state index >= 15 is 0 Å². The van der Waals surface area contributed by atoms with Gasteiger partial charge in [-0.25, -0.2) is 0 Å². The van der Waals surface area contributed by atoms with Crippen LogP contribution in [-0.4, -0.2) is 59.9 Å². The summed E-state index contributed by atoms with van der Waals surface area (Å²) < 4.78 is 10.9. The van der Waals surface area contributed by atoms with Gasteiger partial charge in [0.15, 0.2) is 12.1 Å². The number of methoxy groups -OCH3 is 1. The molecular weight excluding hydrogens is 641 g/mol. The summed E-state index contributed by atoms with van der Waals surface area (Å²) in [5.74, 6) is -2.00. The molecule has 10 heteroatoms. The number of carbonyl (C=O) groups is 2. The quantitative estimate of drug-likeness (QED) is 0.148. The van der Waals surface area contributed by atoms with Gasteiger partial charge in [-0.1, -0.05) is 78.1 Å². The number of aromatic nitrogens is 3. The molecular formula is C40H44MgN4O5-2. The number of Topliss-reactive ketones (excluding diaryl/α,β-unsaturated/α-hetero) is 1. The number of fused-ring (bicyclic) bond motifs is 7. The number of ether oxygens (including phenoxy) is 2. The number of nitrogens with zero attached hydrogens (tertiary/aromatic N) is 4. The van der Waals surface area contributed by atoms with Gasteiger partial charge >= 0.3 is 29.0 Å². The Hall–Kier alpha value is -3.83. The number of ketones is 1. The van der Waals surface area contributed by atoms with Crippen molar-refractivity contribution in [2.24, 2.45) is 17.8 Å². The van der Waals surface area contributed by atoms with Crippen LogP contribution in [0.15, 0.2) is 29.6 Å². The number of aliphatic hydroxyl groups is 1. The molecule has 1 N–H and O–H groups in total. The molecule has 3 aromatic rings. The summed E-state index contributed by atoms with van der Waals surface area (Å²) in [4.78, 5) is 42.3. The van der Waals surface area contributed by atoms with Crippen LogP contribution in [0.2, 0.25) is 0 Å². The Labute approximate surface area is 309 Å². The molecule has 0 saturated carbocycles. The minimum atomic E-state index is -1.41. The second kappa shape index (κ2) is 14.8. The van der Waals surface area contributed by atoms with Crippen LogP contribution < -0.4 is 25.7 Å². The molecule has 2 aliphatic heterocycles. The van der Waals surface area contributed by atoms with Gasteiger partial charge in [0.25, 0.3) is 0 Å². The minimum Gasteiger partial charge on any atom is -0.664 e. The van der Waals surface area contributed by atoms with Crippen LogP contribution in [0.4, 0.5) is 0 Å². The Bertz CT molecular complexity index is 2080. The van der Waals surface area contributed by atoms with Gasteiger partial charge < -0.3 is 34.8 Å². The molecule has 6 rings (SSSR count). The Balaban J connectivity index is 0.00000486. The second-order valence-corrected chi connectivity index (χ2v) is 13.4. The van der Waals surface area contributed by atoms with Gasteiger partial charge in [-0.3, -0.25) is 9.59 Å². The van der Waals surface area contributed by atoms with E-state index in [1.807, 2.05) is 58.1 Å². The molecule has 1 unspecified atom stereocenters. The van der Waals surface area contributed by atoms with Crippen LogP contribution in [0, 0.1) is 38.5 Å². The predicted molar refractivity (Wildman–Crippen MR) is 196 cm³/mol. The average Bonchev–Trinajstić information content (AvgIpc) is 3.80. The van der Waals surface area contributed by atoms with E-state index in [1.54, 1.807) is 0 Å². The van der Waals surface area contributed by atoms with Crippen molar-refractivity contribution in [2.45, 2.75) is 74.0 Å². The number of rotatable bonds is 9. The first-order valence-electron chi connectivity index (χ1n) is 16.9. The topological polar surface area (TPSA) is 129 Å². The van der Waals surface area contributed by atoms with Gasteiger partial charge in [-0.05, 0) is 70.9 Å². The molecule has 0 spiro atoms. The maximum Gasteiger partial charge on any atom is 2.00 e. The Morgan fingerprint density at radius 1 is 1.02 bits per heavy atom. The molecule has 9 nitrogen and oxygen atoms in total. The van der Waals surface area contributed by atoms with E-state index < -0.39 is 12.2 Å². The second-order valence-electron chi connectivity index (χ2n) is 13.4. The zero-order valence-corrected chi connectivity index (χ0v) is 31.7. The fraction of sp³-hybridized carbons (Fsp3) is 0.400. The number of hydrogen-bond donors (Lipinski definition) is 1.